The van der Waals surface area contributed by atoms with Crippen molar-refractivity contribution in [2.24, 2.45) is 23.7 Å². The Morgan fingerprint density at radius 3 is 0.807 bits per heavy atom. The largest absolute Gasteiger partial charge is 0.472 e. The zero-order valence-electron chi connectivity index (χ0n) is 57.3. The maximum atomic E-state index is 13.0. The summed E-state index contributed by atoms with van der Waals surface area (Å²) in [6.07, 6.45) is 40.3. The fourth-order valence-corrected chi connectivity index (χ4v) is 11.8. The minimum Gasteiger partial charge on any atom is -0.462 e. The van der Waals surface area contributed by atoms with Gasteiger partial charge in [-0.1, -0.05) is 287 Å². The summed E-state index contributed by atoms with van der Waals surface area (Å²) in [7, 11) is -9.90. The van der Waals surface area contributed by atoms with Crippen LogP contribution >= 0.6 is 15.6 Å². The van der Waals surface area contributed by atoms with E-state index in [1.807, 2.05) is 0 Å². The molecule has 17 nitrogen and oxygen atoms in total. The molecule has 0 fully saturated rings. The van der Waals surface area contributed by atoms with Crippen LogP contribution in [0.4, 0.5) is 0 Å². The molecule has 3 N–H and O–H groups in total. The van der Waals surface area contributed by atoms with Crippen LogP contribution in [0.25, 0.3) is 0 Å². The first-order chi connectivity index (χ1) is 42.2. The van der Waals surface area contributed by atoms with Crippen LogP contribution < -0.4 is 0 Å². The van der Waals surface area contributed by atoms with Crippen molar-refractivity contribution < 1.29 is 80.2 Å². The molecule has 0 aromatic rings. The molecule has 5 unspecified atom stereocenters. The molecule has 0 saturated carbocycles. The van der Waals surface area contributed by atoms with E-state index in [1.165, 1.54) is 135 Å². The highest BCUT2D eigenvalue weighted by Crippen LogP contribution is 2.45. The minimum absolute atomic E-state index is 0.104. The van der Waals surface area contributed by atoms with Gasteiger partial charge in [0.25, 0.3) is 0 Å². The summed E-state index contributed by atoms with van der Waals surface area (Å²) < 4.78 is 68.2. The Balaban J connectivity index is 5.26. The lowest BCUT2D eigenvalue weighted by molar-refractivity contribution is -0.161. The Morgan fingerprint density at radius 1 is 0.318 bits per heavy atom. The molecule has 522 valence electrons. The number of hydrogen-bond donors (Lipinski definition) is 3. The van der Waals surface area contributed by atoms with Gasteiger partial charge in [0.05, 0.1) is 26.4 Å². The highest BCUT2D eigenvalue weighted by molar-refractivity contribution is 7.47. The second-order valence-corrected chi connectivity index (χ2v) is 29.3. The summed E-state index contributed by atoms with van der Waals surface area (Å²) in [6.45, 7) is 14.1. The second-order valence-electron chi connectivity index (χ2n) is 26.4. The number of carbonyl (C=O) groups is 4. The van der Waals surface area contributed by atoms with Gasteiger partial charge in [-0.2, -0.15) is 0 Å². The lowest BCUT2D eigenvalue weighted by Crippen LogP contribution is -2.30. The average molecular weight is 1300 g/mol. The Bertz CT molecular complexity index is 1750. The van der Waals surface area contributed by atoms with Crippen molar-refractivity contribution in [2.45, 2.75) is 356 Å². The van der Waals surface area contributed by atoms with Gasteiger partial charge >= 0.3 is 39.5 Å². The predicted octanol–water partition coefficient (Wildman–Crippen LogP) is 19.3. The third kappa shape index (κ3) is 60.3. The van der Waals surface area contributed by atoms with Crippen LogP contribution in [-0.4, -0.2) is 96.7 Å². The van der Waals surface area contributed by atoms with E-state index in [4.69, 9.17) is 37.0 Å². The van der Waals surface area contributed by atoms with Crippen molar-refractivity contribution >= 4 is 39.5 Å². The fraction of sp³-hybridized carbons (Fsp3) is 0.942. The number of ether oxygens (including phenoxy) is 4. The number of aliphatic hydroxyl groups excluding tert-OH is 1. The number of aliphatic hydroxyl groups is 1. The first-order valence-corrected chi connectivity index (χ1v) is 38.8. The van der Waals surface area contributed by atoms with Gasteiger partial charge in [-0.3, -0.25) is 37.3 Å². The third-order valence-corrected chi connectivity index (χ3v) is 18.4. The number of carbonyl (C=O) groups excluding carboxylic acids is 4. The topological polar surface area (TPSA) is 237 Å². The standard InChI is InChI=1S/C69H134O17P2/c1-9-61(7)47-39-31-23-18-20-26-36-44-52-69(74)86-64(55-79-66(71)49-41-33-24-19-17-22-30-38-46-60(5)6)57-83-87(75,76)81-53-63(70)54-82-88(77,78)84-58-65(56-80-67(72)50-42-34-28-27-32-40-48-62(8)10-2)85-68(73)51-43-35-25-16-14-12-11-13-15-21-29-37-45-59(3)4/h59-65,70H,9-58H2,1-8H3,(H,75,76)(H,77,78)/t61?,62?,63?,64-,65-/m1/s1. The van der Waals surface area contributed by atoms with Gasteiger partial charge < -0.3 is 33.8 Å². The normalized spacial score (nSPS) is 14.9. The Morgan fingerprint density at radius 2 is 0.545 bits per heavy atom. The molecule has 19 heteroatoms. The van der Waals surface area contributed by atoms with Crippen molar-refractivity contribution in [1.29, 1.82) is 0 Å². The summed E-state index contributed by atoms with van der Waals surface area (Å²) >= 11 is 0. The minimum atomic E-state index is -4.95. The number of phosphoric ester groups is 2. The summed E-state index contributed by atoms with van der Waals surface area (Å²) in [5, 5.41) is 10.6. The molecule has 7 atom stereocenters. The summed E-state index contributed by atoms with van der Waals surface area (Å²) in [6, 6.07) is 0. The van der Waals surface area contributed by atoms with Gasteiger partial charge in [0.2, 0.25) is 0 Å². The Hall–Kier alpha value is -1.94. The molecule has 0 heterocycles. The maximum Gasteiger partial charge on any atom is 0.472 e. The second kappa shape index (κ2) is 58.8. The Kier molecular flexibility index (Phi) is 57.6. The van der Waals surface area contributed by atoms with E-state index < -0.39 is 97.5 Å². The van der Waals surface area contributed by atoms with E-state index in [-0.39, 0.29) is 25.7 Å². The molecule has 88 heavy (non-hydrogen) atoms. The van der Waals surface area contributed by atoms with Gasteiger partial charge in [0, 0.05) is 25.7 Å². The van der Waals surface area contributed by atoms with E-state index in [0.717, 1.165) is 120 Å². The molecule has 0 aliphatic heterocycles. The zero-order valence-corrected chi connectivity index (χ0v) is 59.1. The van der Waals surface area contributed by atoms with Crippen molar-refractivity contribution in [3.63, 3.8) is 0 Å². The van der Waals surface area contributed by atoms with E-state index in [0.29, 0.717) is 25.7 Å². The molecule has 0 rings (SSSR count). The zero-order chi connectivity index (χ0) is 65.4. The van der Waals surface area contributed by atoms with Gasteiger partial charge in [0.1, 0.15) is 19.3 Å². The van der Waals surface area contributed by atoms with Crippen LogP contribution in [0.2, 0.25) is 0 Å². The molecule has 0 aromatic carbocycles. The molecular weight excluding hydrogens is 1160 g/mol. The lowest BCUT2D eigenvalue weighted by atomic mass is 9.99. The number of esters is 4. The number of rotatable bonds is 66. The molecule has 0 amide bonds. The quantitative estimate of drug-likeness (QED) is 0.0222. The van der Waals surface area contributed by atoms with Crippen LogP contribution in [0.1, 0.15) is 338 Å². The van der Waals surface area contributed by atoms with Crippen molar-refractivity contribution in [3.05, 3.63) is 0 Å². The average Bonchev–Trinajstić information content (AvgIpc) is 3.61. The van der Waals surface area contributed by atoms with Crippen LogP contribution in [0.5, 0.6) is 0 Å². The third-order valence-electron chi connectivity index (χ3n) is 16.5. The molecule has 0 aromatic heterocycles. The fourth-order valence-electron chi connectivity index (χ4n) is 10.2. The molecule has 0 aliphatic rings. The van der Waals surface area contributed by atoms with Crippen LogP contribution in [0.15, 0.2) is 0 Å². The molecule has 0 bridgehead atoms. The number of hydrogen-bond acceptors (Lipinski definition) is 15. The molecule has 0 radical (unpaired) electrons. The van der Waals surface area contributed by atoms with Crippen molar-refractivity contribution in [1.82, 2.24) is 0 Å². The van der Waals surface area contributed by atoms with Gasteiger partial charge in [-0.25, -0.2) is 9.13 Å². The highest BCUT2D eigenvalue weighted by Gasteiger charge is 2.30. The van der Waals surface area contributed by atoms with Crippen molar-refractivity contribution in [3.8, 4) is 0 Å². The van der Waals surface area contributed by atoms with E-state index >= 15 is 0 Å². The molecule has 0 spiro atoms. The summed E-state index contributed by atoms with van der Waals surface area (Å²) in [5.41, 5.74) is 0. The summed E-state index contributed by atoms with van der Waals surface area (Å²) in [4.78, 5) is 72.5. The van der Waals surface area contributed by atoms with Gasteiger partial charge in [-0.05, 0) is 49.4 Å². The smallest absolute Gasteiger partial charge is 0.462 e. The van der Waals surface area contributed by atoms with E-state index in [2.05, 4.69) is 55.4 Å². The van der Waals surface area contributed by atoms with Crippen LogP contribution in [-0.2, 0) is 65.4 Å². The number of unbranched alkanes of at least 4 members (excludes halogenated alkanes) is 30. The van der Waals surface area contributed by atoms with Gasteiger partial charge in [0.15, 0.2) is 12.2 Å². The first kappa shape index (κ1) is 86.1. The number of phosphoric acid groups is 2. The Labute approximate surface area is 537 Å². The summed E-state index contributed by atoms with van der Waals surface area (Å²) in [5.74, 6) is 0.870. The van der Waals surface area contributed by atoms with Crippen LogP contribution in [0, 0.1) is 23.7 Å². The molecular formula is C69H134O17P2. The molecule has 0 aliphatic carbocycles. The van der Waals surface area contributed by atoms with E-state index in [9.17, 15) is 43.2 Å². The lowest BCUT2D eigenvalue weighted by Gasteiger charge is -2.21. The maximum absolute atomic E-state index is 13.0. The van der Waals surface area contributed by atoms with Crippen molar-refractivity contribution in [2.75, 3.05) is 39.6 Å². The van der Waals surface area contributed by atoms with Crippen LogP contribution in [0.3, 0.4) is 0 Å². The van der Waals surface area contributed by atoms with Gasteiger partial charge in [-0.15, -0.1) is 0 Å². The molecule has 0 saturated heterocycles. The van der Waals surface area contributed by atoms with E-state index in [1.54, 1.807) is 0 Å². The first-order valence-electron chi connectivity index (χ1n) is 35.8. The monoisotopic (exact) mass is 1300 g/mol. The predicted molar refractivity (Wildman–Crippen MR) is 354 cm³/mol. The highest BCUT2D eigenvalue weighted by atomic mass is 31.2. The SMILES string of the molecule is CCC(C)CCCCCCCCCCC(=O)O[C@H](COC(=O)CCCCCCCCCCC(C)C)COP(=O)(O)OCC(O)COP(=O)(O)OC[C@@H](COC(=O)CCCCCCCCC(C)CC)OC(=O)CCCCCCCCCCCCCCC(C)C.